The second-order valence-corrected chi connectivity index (χ2v) is 18.1. The van der Waals surface area contributed by atoms with Crippen molar-refractivity contribution >= 4 is 11.4 Å². The van der Waals surface area contributed by atoms with Gasteiger partial charge in [-0.3, -0.25) is 0 Å². The summed E-state index contributed by atoms with van der Waals surface area (Å²) in [5, 5.41) is 0. The van der Waals surface area contributed by atoms with Gasteiger partial charge in [-0.25, -0.2) is 29.9 Å². The van der Waals surface area contributed by atoms with E-state index < -0.39 is 42.8 Å². The summed E-state index contributed by atoms with van der Waals surface area (Å²) in [4.78, 5) is 30.2. The predicted octanol–water partition coefficient (Wildman–Crippen LogP) is 11.0. The first kappa shape index (κ1) is 49.6. The molecule has 0 saturated heterocycles. The molecule has 8 heterocycles. The molecule has 14 nitrogen and oxygen atoms in total. The Morgan fingerprint density at radius 3 is 1.59 bits per heavy atom. The van der Waals surface area contributed by atoms with Gasteiger partial charge in [0.05, 0.1) is 52.7 Å². The van der Waals surface area contributed by atoms with Gasteiger partial charge < -0.3 is 37.5 Å². The SMILES string of the molecule is Cc1nc(-c2ccc(Cc3nc(-c4cccnc4OC(F)F)c4n3CC(C)N(c3ccc(-c5nc(C(F)(F)F)cn5C)cc3)C4)nc2OC(F)F)c2n1C[C@H](C)N(c1ccc(-c3nc(C(F)(F)F)cn3C)cc1)C2. The molecule has 8 aromatic rings. The molecular weight excluding hydrogens is 991 g/mol. The minimum atomic E-state index is -4.63. The highest BCUT2D eigenvalue weighted by Crippen LogP contribution is 2.41. The summed E-state index contributed by atoms with van der Waals surface area (Å²) >= 11 is 0. The largest absolute Gasteiger partial charge is 0.434 e. The highest BCUT2D eigenvalue weighted by Gasteiger charge is 2.37. The van der Waals surface area contributed by atoms with Gasteiger partial charge >= 0.3 is 25.6 Å². The molecule has 24 heteroatoms. The van der Waals surface area contributed by atoms with Crippen LogP contribution in [0.2, 0.25) is 0 Å². The molecule has 1 unspecified atom stereocenters. The molecule has 0 spiro atoms. The number of ether oxygens (including phenoxy) is 2. The molecule has 0 aliphatic carbocycles. The standard InChI is InChI=1S/C50H44F10N12O2/c1-26-20-71-28(3)62-41(36(71)22-69(26)32-13-8-29(9-14-32)43-64-38(24-67(43)4)49(55,56)57)35-17-12-31(63-46(35)74-48(53)54)19-40-66-42(34-7-6-18-61-45(34)73-47(51)52)37-23-70(27(2)21-72(37)40)33-15-10-30(11-16-33)44-65-39(25-68(44)5)50(58,59)60/h6-18,24-27,47-48H,19-23H2,1-5H3/t26-,27?/m0/s1. The molecule has 6 aromatic heterocycles. The summed E-state index contributed by atoms with van der Waals surface area (Å²) in [6, 6.07) is 19.8. The van der Waals surface area contributed by atoms with Gasteiger partial charge in [-0.2, -0.15) is 43.9 Å². The Morgan fingerprint density at radius 2 is 1.08 bits per heavy atom. The first-order chi connectivity index (χ1) is 35.1. The van der Waals surface area contributed by atoms with E-state index in [2.05, 4.69) is 24.8 Å². The van der Waals surface area contributed by atoms with Crippen molar-refractivity contribution in [2.45, 2.75) is 91.0 Å². The molecule has 2 aromatic carbocycles. The third-order valence-electron chi connectivity index (χ3n) is 13.2. The van der Waals surface area contributed by atoms with Crippen LogP contribution in [0.15, 0.2) is 91.4 Å². The number of imidazole rings is 4. The maximum atomic E-state index is 14.3. The van der Waals surface area contributed by atoms with Crippen LogP contribution in [0.3, 0.4) is 0 Å². The maximum Gasteiger partial charge on any atom is 0.434 e. The summed E-state index contributed by atoms with van der Waals surface area (Å²) in [5.41, 5.74) is 2.88. The number of aryl methyl sites for hydroxylation is 3. The highest BCUT2D eigenvalue weighted by atomic mass is 19.4. The van der Waals surface area contributed by atoms with Crippen molar-refractivity contribution in [3.05, 3.63) is 132 Å². The lowest BCUT2D eigenvalue weighted by Gasteiger charge is -2.37. The molecule has 0 bridgehead atoms. The third kappa shape index (κ3) is 9.47. The Bertz CT molecular complexity index is 3360. The van der Waals surface area contributed by atoms with E-state index in [4.69, 9.17) is 19.4 Å². The smallest absolute Gasteiger partial charge is 0.416 e. The van der Waals surface area contributed by atoms with Crippen LogP contribution in [-0.4, -0.2) is 73.5 Å². The van der Waals surface area contributed by atoms with Crippen LogP contribution in [-0.2, 0) is 59.0 Å². The van der Waals surface area contributed by atoms with Crippen LogP contribution in [0.1, 0.15) is 54.0 Å². The number of alkyl halides is 10. The van der Waals surface area contributed by atoms with E-state index in [9.17, 15) is 43.9 Å². The summed E-state index contributed by atoms with van der Waals surface area (Å²) in [5.74, 6) is 0.528. The van der Waals surface area contributed by atoms with Gasteiger partial charge in [0.15, 0.2) is 11.4 Å². The molecule has 0 N–H and O–H groups in total. The van der Waals surface area contributed by atoms with Crippen LogP contribution in [0.5, 0.6) is 11.8 Å². The topological polar surface area (TPSA) is 122 Å². The third-order valence-corrected chi connectivity index (χ3v) is 13.2. The van der Waals surface area contributed by atoms with E-state index >= 15 is 0 Å². The number of nitrogens with zero attached hydrogens (tertiary/aromatic N) is 12. The number of halogens is 10. The second kappa shape index (κ2) is 18.8. The van der Waals surface area contributed by atoms with E-state index in [0.29, 0.717) is 58.6 Å². The zero-order valence-corrected chi connectivity index (χ0v) is 40.0. The molecule has 2 atom stereocenters. The summed E-state index contributed by atoms with van der Waals surface area (Å²) in [7, 11) is 2.96. The zero-order chi connectivity index (χ0) is 52.5. The zero-order valence-electron chi connectivity index (χ0n) is 40.0. The Balaban J connectivity index is 0.967. The van der Waals surface area contributed by atoms with Gasteiger partial charge in [0, 0.05) is 86.8 Å². The van der Waals surface area contributed by atoms with Crippen LogP contribution in [0, 0.1) is 6.92 Å². The normalized spacial score (nSPS) is 16.1. The van der Waals surface area contributed by atoms with Gasteiger partial charge in [0.25, 0.3) is 0 Å². The van der Waals surface area contributed by atoms with Gasteiger partial charge in [0.2, 0.25) is 11.8 Å². The van der Waals surface area contributed by atoms with Crippen molar-refractivity contribution in [2.24, 2.45) is 14.1 Å². The molecule has 2 aliphatic heterocycles. The summed E-state index contributed by atoms with van der Waals surface area (Å²) in [6.45, 7) is 0.496. The first-order valence-corrected chi connectivity index (χ1v) is 23.1. The Labute approximate surface area is 415 Å². The highest BCUT2D eigenvalue weighted by molar-refractivity contribution is 5.71. The number of rotatable bonds is 12. The lowest BCUT2D eigenvalue weighted by atomic mass is 10.1. The monoisotopic (exact) mass is 1030 g/mol. The van der Waals surface area contributed by atoms with Crippen molar-refractivity contribution in [3.63, 3.8) is 0 Å². The van der Waals surface area contributed by atoms with Crippen molar-refractivity contribution in [3.8, 4) is 57.1 Å². The Kier molecular flexibility index (Phi) is 12.6. The Morgan fingerprint density at radius 1 is 0.595 bits per heavy atom. The van der Waals surface area contributed by atoms with Crippen LogP contribution in [0.25, 0.3) is 45.3 Å². The molecule has 74 heavy (non-hydrogen) atoms. The average molecular weight is 1030 g/mol. The summed E-state index contributed by atoms with van der Waals surface area (Å²) < 4.78 is 153. The molecule has 0 radical (unpaired) electrons. The molecule has 10 rings (SSSR count). The first-order valence-electron chi connectivity index (χ1n) is 23.1. The molecule has 0 saturated carbocycles. The van der Waals surface area contributed by atoms with E-state index in [1.165, 1.54) is 29.4 Å². The minimum Gasteiger partial charge on any atom is -0.416 e. The number of aromatic nitrogens is 10. The lowest BCUT2D eigenvalue weighted by molar-refractivity contribution is -0.141. The minimum absolute atomic E-state index is 0.0272. The average Bonchev–Trinajstić information content (AvgIpc) is 4.12. The van der Waals surface area contributed by atoms with Gasteiger partial charge in [-0.1, -0.05) is 0 Å². The number of benzene rings is 2. The fourth-order valence-corrected chi connectivity index (χ4v) is 9.73. The van der Waals surface area contributed by atoms with E-state index in [1.807, 2.05) is 27.9 Å². The fraction of sp³-hybridized carbons (Fsp3) is 0.320. The van der Waals surface area contributed by atoms with Crippen molar-refractivity contribution < 1.29 is 53.4 Å². The number of hydrogen-bond acceptors (Lipinski definition) is 10. The van der Waals surface area contributed by atoms with Gasteiger partial charge in [0.1, 0.15) is 23.3 Å². The number of fused-ring (bicyclic) bond motifs is 2. The van der Waals surface area contributed by atoms with Crippen LogP contribution in [0.4, 0.5) is 55.3 Å². The molecular formula is C50H44F10N12O2. The predicted molar refractivity (Wildman–Crippen MR) is 250 cm³/mol. The second-order valence-electron chi connectivity index (χ2n) is 18.1. The lowest BCUT2D eigenvalue weighted by Crippen LogP contribution is -2.41. The van der Waals surface area contributed by atoms with Crippen LogP contribution < -0.4 is 19.3 Å². The molecule has 0 amide bonds. The number of hydrogen-bond donors (Lipinski definition) is 0. The fourth-order valence-electron chi connectivity index (χ4n) is 9.73. The molecule has 2 aliphatic rings. The number of pyridine rings is 2. The van der Waals surface area contributed by atoms with Crippen molar-refractivity contribution in [2.75, 3.05) is 9.80 Å². The number of anilines is 2. The van der Waals surface area contributed by atoms with E-state index in [-0.39, 0.29) is 71.6 Å². The van der Waals surface area contributed by atoms with Crippen LogP contribution >= 0.6 is 0 Å². The van der Waals surface area contributed by atoms with Gasteiger partial charge in [-0.15, -0.1) is 0 Å². The molecule has 386 valence electrons. The van der Waals surface area contributed by atoms with Gasteiger partial charge in [-0.05, 0) is 93.6 Å². The Hall–Kier alpha value is -7.92. The maximum absolute atomic E-state index is 14.3. The van der Waals surface area contributed by atoms with Crippen molar-refractivity contribution in [1.29, 1.82) is 0 Å². The molecule has 0 fully saturated rings. The quantitative estimate of drug-likeness (QED) is 0.109. The van der Waals surface area contributed by atoms with E-state index in [0.717, 1.165) is 18.1 Å². The van der Waals surface area contributed by atoms with E-state index in [1.54, 1.807) is 79.7 Å². The summed E-state index contributed by atoms with van der Waals surface area (Å²) in [6.07, 6.45) is -6.11. The van der Waals surface area contributed by atoms with Crippen molar-refractivity contribution in [1.82, 2.24) is 48.2 Å².